The molecule has 2 N–H and O–H groups in total. The van der Waals surface area contributed by atoms with E-state index in [9.17, 15) is 4.79 Å². The molecule has 0 radical (unpaired) electrons. The maximum absolute atomic E-state index is 12.4. The van der Waals surface area contributed by atoms with Crippen molar-refractivity contribution in [2.24, 2.45) is 5.92 Å². The first-order valence-corrected chi connectivity index (χ1v) is 7.95. The number of anilines is 1. The Morgan fingerprint density at radius 2 is 1.86 bits per heavy atom. The second-order valence-electron chi connectivity index (χ2n) is 6.00. The number of carbonyl (C=O) groups excluding carboxylic acids is 1. The SMILES string of the molecule is CCNc1cc(C(=O)NC(C)C(C)CC)cc(C(C)C)n1. The van der Waals surface area contributed by atoms with Crippen LogP contribution in [0.2, 0.25) is 0 Å². The third kappa shape index (κ3) is 5.03. The molecule has 4 nitrogen and oxygen atoms in total. The molecule has 1 amide bonds. The van der Waals surface area contributed by atoms with Gasteiger partial charge in [-0.2, -0.15) is 0 Å². The van der Waals surface area contributed by atoms with Gasteiger partial charge in [0.1, 0.15) is 5.82 Å². The zero-order chi connectivity index (χ0) is 16.0. The molecule has 0 saturated heterocycles. The summed E-state index contributed by atoms with van der Waals surface area (Å²) in [6.45, 7) is 13.3. The molecular formula is C17H29N3O. The molecule has 1 heterocycles. The highest BCUT2D eigenvalue weighted by Gasteiger charge is 2.16. The molecule has 4 heteroatoms. The highest BCUT2D eigenvalue weighted by molar-refractivity contribution is 5.95. The predicted molar refractivity (Wildman–Crippen MR) is 88.9 cm³/mol. The van der Waals surface area contributed by atoms with Crippen LogP contribution < -0.4 is 10.6 Å². The Labute approximate surface area is 128 Å². The molecule has 118 valence electrons. The van der Waals surface area contributed by atoms with Gasteiger partial charge in [-0.15, -0.1) is 0 Å². The number of amides is 1. The van der Waals surface area contributed by atoms with Crippen LogP contribution in [0.15, 0.2) is 12.1 Å². The third-order valence-electron chi connectivity index (χ3n) is 3.91. The lowest BCUT2D eigenvalue weighted by molar-refractivity contribution is 0.0928. The van der Waals surface area contributed by atoms with Gasteiger partial charge >= 0.3 is 0 Å². The standard InChI is InChI=1S/C17H29N3O/c1-7-12(5)13(6)19-17(21)14-9-15(11(3)4)20-16(10-14)18-8-2/h9-13H,7-8H2,1-6H3,(H,18,20)(H,19,21). The Morgan fingerprint density at radius 3 is 2.38 bits per heavy atom. The van der Waals surface area contributed by atoms with Gasteiger partial charge in [0.15, 0.2) is 0 Å². The summed E-state index contributed by atoms with van der Waals surface area (Å²) in [5.74, 6) is 1.51. The summed E-state index contributed by atoms with van der Waals surface area (Å²) in [7, 11) is 0. The molecule has 0 aliphatic heterocycles. The van der Waals surface area contributed by atoms with E-state index in [1.807, 2.05) is 19.1 Å². The van der Waals surface area contributed by atoms with Crippen LogP contribution in [0.1, 0.15) is 69.9 Å². The third-order valence-corrected chi connectivity index (χ3v) is 3.91. The fourth-order valence-electron chi connectivity index (χ4n) is 2.04. The minimum atomic E-state index is -0.0220. The van der Waals surface area contributed by atoms with Gasteiger partial charge < -0.3 is 10.6 Å². The molecule has 0 aliphatic carbocycles. The van der Waals surface area contributed by atoms with E-state index < -0.39 is 0 Å². The number of rotatable bonds is 7. The number of nitrogens with zero attached hydrogens (tertiary/aromatic N) is 1. The van der Waals surface area contributed by atoms with Crippen molar-refractivity contribution in [3.63, 3.8) is 0 Å². The first-order valence-electron chi connectivity index (χ1n) is 7.95. The molecule has 0 saturated carbocycles. The summed E-state index contributed by atoms with van der Waals surface area (Å²) < 4.78 is 0. The first-order chi connectivity index (χ1) is 9.88. The van der Waals surface area contributed by atoms with Crippen molar-refractivity contribution in [2.45, 2.75) is 59.9 Å². The van der Waals surface area contributed by atoms with Gasteiger partial charge in [-0.25, -0.2) is 4.98 Å². The van der Waals surface area contributed by atoms with E-state index >= 15 is 0 Å². The highest BCUT2D eigenvalue weighted by Crippen LogP contribution is 2.18. The second kappa shape index (κ2) is 8.01. The van der Waals surface area contributed by atoms with E-state index in [1.165, 1.54) is 0 Å². The Morgan fingerprint density at radius 1 is 1.19 bits per heavy atom. The van der Waals surface area contributed by atoms with Gasteiger partial charge in [0.05, 0.1) is 0 Å². The summed E-state index contributed by atoms with van der Waals surface area (Å²) >= 11 is 0. The summed E-state index contributed by atoms with van der Waals surface area (Å²) in [5.41, 5.74) is 1.62. The normalized spacial score (nSPS) is 13.9. The van der Waals surface area contributed by atoms with Crippen LogP contribution in [0, 0.1) is 5.92 Å². The van der Waals surface area contributed by atoms with Crippen molar-refractivity contribution in [1.29, 1.82) is 0 Å². The van der Waals surface area contributed by atoms with Gasteiger partial charge in [-0.3, -0.25) is 4.79 Å². The first kappa shape index (κ1) is 17.5. The molecule has 0 aliphatic rings. The average molecular weight is 291 g/mol. The Hall–Kier alpha value is -1.58. The van der Waals surface area contributed by atoms with Gasteiger partial charge in [0.25, 0.3) is 5.91 Å². The Bertz CT molecular complexity index is 471. The van der Waals surface area contributed by atoms with Crippen molar-refractivity contribution in [3.8, 4) is 0 Å². The fraction of sp³-hybridized carbons (Fsp3) is 0.647. The van der Waals surface area contributed by atoms with Crippen LogP contribution in [0.3, 0.4) is 0 Å². The van der Waals surface area contributed by atoms with Gasteiger partial charge in [-0.05, 0) is 37.8 Å². The topological polar surface area (TPSA) is 54.0 Å². The molecule has 0 spiro atoms. The van der Waals surface area contributed by atoms with Crippen LogP contribution in [0.4, 0.5) is 5.82 Å². The Kier molecular flexibility index (Phi) is 6.66. The number of nitrogens with one attached hydrogen (secondary N) is 2. The summed E-state index contributed by atoms with van der Waals surface area (Å²) in [5, 5.41) is 6.28. The van der Waals surface area contributed by atoms with Crippen LogP contribution in [0.5, 0.6) is 0 Å². The van der Waals surface area contributed by atoms with Crippen molar-refractivity contribution in [3.05, 3.63) is 23.4 Å². The number of pyridine rings is 1. The molecule has 2 atom stereocenters. The minimum Gasteiger partial charge on any atom is -0.370 e. The van der Waals surface area contributed by atoms with Crippen LogP contribution in [-0.2, 0) is 0 Å². The summed E-state index contributed by atoms with van der Waals surface area (Å²) in [4.78, 5) is 17.0. The van der Waals surface area contributed by atoms with Crippen molar-refractivity contribution < 1.29 is 4.79 Å². The van der Waals surface area contributed by atoms with Crippen molar-refractivity contribution >= 4 is 11.7 Å². The number of carbonyl (C=O) groups is 1. The molecule has 0 aromatic carbocycles. The zero-order valence-corrected chi connectivity index (χ0v) is 14.2. The average Bonchev–Trinajstić information content (AvgIpc) is 2.46. The highest BCUT2D eigenvalue weighted by atomic mass is 16.1. The van der Waals surface area contributed by atoms with Crippen LogP contribution >= 0.6 is 0 Å². The van der Waals surface area contributed by atoms with Crippen LogP contribution in [-0.4, -0.2) is 23.5 Å². The molecule has 1 rings (SSSR count). The fourth-order valence-corrected chi connectivity index (χ4v) is 2.04. The lowest BCUT2D eigenvalue weighted by Gasteiger charge is -2.20. The van der Waals surface area contributed by atoms with E-state index in [2.05, 4.69) is 50.2 Å². The second-order valence-corrected chi connectivity index (χ2v) is 6.00. The quantitative estimate of drug-likeness (QED) is 0.803. The zero-order valence-electron chi connectivity index (χ0n) is 14.2. The van der Waals surface area contributed by atoms with Gasteiger partial charge in [-0.1, -0.05) is 34.1 Å². The smallest absolute Gasteiger partial charge is 0.251 e. The predicted octanol–water partition coefficient (Wildman–Crippen LogP) is 3.80. The lowest BCUT2D eigenvalue weighted by atomic mass is 10.0. The lowest BCUT2D eigenvalue weighted by Crippen LogP contribution is -2.37. The molecule has 0 fully saturated rings. The molecule has 2 unspecified atom stereocenters. The van der Waals surface area contributed by atoms with E-state index in [4.69, 9.17) is 0 Å². The molecule has 21 heavy (non-hydrogen) atoms. The van der Waals surface area contributed by atoms with E-state index in [0.29, 0.717) is 17.4 Å². The number of hydrogen-bond donors (Lipinski definition) is 2. The van der Waals surface area contributed by atoms with E-state index in [1.54, 1.807) is 0 Å². The summed E-state index contributed by atoms with van der Waals surface area (Å²) in [6, 6.07) is 3.89. The number of hydrogen-bond acceptors (Lipinski definition) is 3. The monoisotopic (exact) mass is 291 g/mol. The maximum atomic E-state index is 12.4. The van der Waals surface area contributed by atoms with Crippen molar-refractivity contribution in [2.75, 3.05) is 11.9 Å². The Balaban J connectivity index is 2.97. The van der Waals surface area contributed by atoms with Crippen LogP contribution in [0.25, 0.3) is 0 Å². The molecule has 0 bridgehead atoms. The summed E-state index contributed by atoms with van der Waals surface area (Å²) in [6.07, 6.45) is 1.05. The largest absolute Gasteiger partial charge is 0.370 e. The van der Waals surface area contributed by atoms with Crippen molar-refractivity contribution in [1.82, 2.24) is 10.3 Å². The maximum Gasteiger partial charge on any atom is 0.251 e. The molecule has 1 aromatic heterocycles. The molecular weight excluding hydrogens is 262 g/mol. The van der Waals surface area contributed by atoms with Gasteiger partial charge in [0.2, 0.25) is 0 Å². The minimum absolute atomic E-state index is 0.0220. The van der Waals surface area contributed by atoms with E-state index in [-0.39, 0.29) is 11.9 Å². The van der Waals surface area contributed by atoms with E-state index in [0.717, 1.165) is 24.5 Å². The molecule has 1 aromatic rings. The number of aromatic nitrogens is 1. The van der Waals surface area contributed by atoms with Gasteiger partial charge in [0, 0.05) is 23.8 Å².